The van der Waals surface area contributed by atoms with Gasteiger partial charge in [0.25, 0.3) is 0 Å². The van der Waals surface area contributed by atoms with Crippen molar-refractivity contribution in [1.29, 1.82) is 5.26 Å². The lowest BCUT2D eigenvalue weighted by Gasteiger charge is -2.02. The van der Waals surface area contributed by atoms with Crippen molar-refractivity contribution in [2.75, 3.05) is 0 Å². The minimum Gasteiger partial charge on any atom is -0.436 e. The number of nitrogens with zero attached hydrogens (tertiary/aromatic N) is 3. The van der Waals surface area contributed by atoms with Crippen molar-refractivity contribution in [3.8, 4) is 17.7 Å². The highest BCUT2D eigenvalue weighted by Crippen LogP contribution is 2.20. The molecule has 0 saturated carbocycles. The molecule has 0 aliphatic carbocycles. The lowest BCUT2D eigenvalue weighted by molar-refractivity contribution is 0.458. The first-order valence-electron chi connectivity index (χ1n) is 3.92. The zero-order valence-corrected chi connectivity index (χ0v) is 7.14. The summed E-state index contributed by atoms with van der Waals surface area (Å²) in [5, 5.41) is 15.1. The second-order valence-electron chi connectivity index (χ2n) is 2.48. The van der Waals surface area contributed by atoms with E-state index in [0.29, 0.717) is 11.6 Å². The molecule has 0 atom stereocenters. The van der Waals surface area contributed by atoms with E-state index >= 15 is 0 Å². The molecule has 2 aromatic heterocycles. The van der Waals surface area contributed by atoms with Gasteiger partial charge in [0.2, 0.25) is 5.88 Å². The molecule has 14 heavy (non-hydrogen) atoms. The summed E-state index contributed by atoms with van der Waals surface area (Å²) in [6, 6.07) is 6.97. The highest BCUT2D eigenvalue weighted by Gasteiger charge is 2.04. The summed E-state index contributed by atoms with van der Waals surface area (Å²) in [5.41, 5.74) is 0.252. The number of hydrogen-bond donors (Lipinski definition) is 1. The van der Waals surface area contributed by atoms with Crippen LogP contribution in [0.25, 0.3) is 0 Å². The van der Waals surface area contributed by atoms with Crippen LogP contribution in [0.4, 0.5) is 0 Å². The molecule has 1 N–H and O–H groups in total. The number of H-pyrrole nitrogens is 1. The molecule has 2 aromatic rings. The van der Waals surface area contributed by atoms with Gasteiger partial charge in [0.15, 0.2) is 11.4 Å². The Bertz CT molecular complexity index is 458. The topological polar surface area (TPSA) is 74.6 Å². The maximum Gasteiger partial charge on any atom is 0.215 e. The fourth-order valence-corrected chi connectivity index (χ4v) is 0.975. The first-order chi connectivity index (χ1) is 6.90. The van der Waals surface area contributed by atoms with Crippen molar-refractivity contribution in [1.82, 2.24) is 15.2 Å². The van der Waals surface area contributed by atoms with Gasteiger partial charge in [0.05, 0.1) is 6.20 Å². The Morgan fingerprint density at radius 3 is 3.00 bits per heavy atom. The van der Waals surface area contributed by atoms with E-state index in [9.17, 15) is 0 Å². The molecule has 0 bridgehead atoms. The van der Waals surface area contributed by atoms with Crippen molar-refractivity contribution in [3.05, 3.63) is 36.3 Å². The van der Waals surface area contributed by atoms with E-state index in [2.05, 4.69) is 15.2 Å². The predicted octanol–water partition coefficient (Wildman–Crippen LogP) is 1.47. The van der Waals surface area contributed by atoms with Gasteiger partial charge in [-0.25, -0.2) is 10.1 Å². The Balaban J connectivity index is 2.30. The molecule has 0 saturated heterocycles. The molecular formula is C9H6N4O. The van der Waals surface area contributed by atoms with Crippen molar-refractivity contribution in [2.45, 2.75) is 0 Å². The van der Waals surface area contributed by atoms with Crippen LogP contribution in [0.2, 0.25) is 0 Å². The van der Waals surface area contributed by atoms with Crippen LogP contribution in [0.1, 0.15) is 5.69 Å². The van der Waals surface area contributed by atoms with Crippen LogP contribution in [-0.4, -0.2) is 15.2 Å². The molecule has 5 heteroatoms. The van der Waals surface area contributed by atoms with E-state index in [-0.39, 0.29) is 5.69 Å². The van der Waals surface area contributed by atoms with Gasteiger partial charge >= 0.3 is 0 Å². The molecule has 0 aliphatic heterocycles. The van der Waals surface area contributed by atoms with Gasteiger partial charge in [-0.15, -0.1) is 0 Å². The Kier molecular flexibility index (Phi) is 2.11. The Hall–Kier alpha value is -2.35. The minimum absolute atomic E-state index is 0.252. The fourth-order valence-electron chi connectivity index (χ4n) is 0.975. The summed E-state index contributed by atoms with van der Waals surface area (Å²) in [4.78, 5) is 3.86. The first-order valence-corrected chi connectivity index (χ1v) is 3.92. The summed E-state index contributed by atoms with van der Waals surface area (Å²) in [6.07, 6.45) is 3.11. The van der Waals surface area contributed by atoms with Crippen LogP contribution in [0, 0.1) is 11.3 Å². The van der Waals surface area contributed by atoms with Crippen molar-refractivity contribution in [2.24, 2.45) is 0 Å². The molecule has 0 amide bonds. The number of nitriles is 1. The van der Waals surface area contributed by atoms with E-state index in [4.69, 9.17) is 10.00 Å². The summed E-state index contributed by atoms with van der Waals surface area (Å²) in [5.74, 6) is 0.897. The average molecular weight is 186 g/mol. The molecule has 0 aliphatic rings. The highest BCUT2D eigenvalue weighted by atomic mass is 16.5. The highest BCUT2D eigenvalue weighted by molar-refractivity contribution is 5.38. The van der Waals surface area contributed by atoms with Gasteiger partial charge in [-0.05, 0) is 12.1 Å². The molecule has 2 heterocycles. The molecule has 0 aromatic carbocycles. The molecule has 5 nitrogen and oxygen atoms in total. The summed E-state index contributed by atoms with van der Waals surface area (Å²) in [6.45, 7) is 0. The van der Waals surface area contributed by atoms with Crippen LogP contribution >= 0.6 is 0 Å². The number of rotatable bonds is 2. The zero-order valence-electron chi connectivity index (χ0n) is 7.14. The fraction of sp³-hybridized carbons (Fsp3) is 0. The first kappa shape index (κ1) is 8.26. The number of aromatic amines is 1. The van der Waals surface area contributed by atoms with Crippen molar-refractivity contribution in [3.63, 3.8) is 0 Å². The summed E-state index contributed by atoms with van der Waals surface area (Å²) < 4.78 is 5.34. The van der Waals surface area contributed by atoms with Gasteiger partial charge in [-0.3, -0.25) is 0 Å². The van der Waals surface area contributed by atoms with Crippen LogP contribution < -0.4 is 4.74 Å². The summed E-state index contributed by atoms with van der Waals surface area (Å²) >= 11 is 0. The summed E-state index contributed by atoms with van der Waals surface area (Å²) in [7, 11) is 0. The Morgan fingerprint density at radius 2 is 2.29 bits per heavy atom. The third kappa shape index (κ3) is 1.54. The van der Waals surface area contributed by atoms with Gasteiger partial charge < -0.3 is 4.74 Å². The lowest BCUT2D eigenvalue weighted by atomic mass is 10.3. The van der Waals surface area contributed by atoms with Gasteiger partial charge in [-0.2, -0.15) is 10.4 Å². The molecule has 68 valence electrons. The van der Waals surface area contributed by atoms with Crippen LogP contribution in [0.3, 0.4) is 0 Å². The molecular weight excluding hydrogens is 180 g/mol. The Morgan fingerprint density at radius 1 is 1.36 bits per heavy atom. The second kappa shape index (κ2) is 3.58. The maximum atomic E-state index is 8.73. The van der Waals surface area contributed by atoms with Crippen LogP contribution in [-0.2, 0) is 0 Å². The third-order valence-electron chi connectivity index (χ3n) is 1.57. The largest absolute Gasteiger partial charge is 0.436 e. The molecule has 0 radical (unpaired) electrons. The SMILES string of the molecule is N#Cc1ncccc1Oc1ccn[nH]1. The van der Waals surface area contributed by atoms with Gasteiger partial charge in [0.1, 0.15) is 6.07 Å². The molecule has 0 spiro atoms. The van der Waals surface area contributed by atoms with E-state index in [1.54, 1.807) is 30.6 Å². The lowest BCUT2D eigenvalue weighted by Crippen LogP contribution is -1.90. The number of ether oxygens (including phenoxy) is 1. The van der Waals surface area contributed by atoms with Gasteiger partial charge in [0, 0.05) is 12.3 Å². The molecule has 0 unspecified atom stereocenters. The van der Waals surface area contributed by atoms with Crippen LogP contribution in [0.15, 0.2) is 30.6 Å². The van der Waals surface area contributed by atoms with E-state index in [0.717, 1.165) is 0 Å². The quantitative estimate of drug-likeness (QED) is 0.770. The third-order valence-corrected chi connectivity index (χ3v) is 1.57. The van der Waals surface area contributed by atoms with E-state index in [1.807, 2.05) is 6.07 Å². The zero-order chi connectivity index (χ0) is 9.80. The number of pyridine rings is 1. The van der Waals surface area contributed by atoms with Gasteiger partial charge in [-0.1, -0.05) is 0 Å². The number of nitrogens with one attached hydrogen (secondary N) is 1. The number of hydrogen-bond acceptors (Lipinski definition) is 4. The normalized spacial score (nSPS) is 9.36. The Labute approximate surface area is 80.0 Å². The second-order valence-corrected chi connectivity index (χ2v) is 2.48. The van der Waals surface area contributed by atoms with Crippen LogP contribution in [0.5, 0.6) is 11.6 Å². The van der Waals surface area contributed by atoms with Crippen molar-refractivity contribution >= 4 is 0 Å². The monoisotopic (exact) mass is 186 g/mol. The van der Waals surface area contributed by atoms with Crippen molar-refractivity contribution < 1.29 is 4.74 Å². The van der Waals surface area contributed by atoms with E-state index in [1.165, 1.54) is 0 Å². The smallest absolute Gasteiger partial charge is 0.215 e. The van der Waals surface area contributed by atoms with E-state index < -0.39 is 0 Å². The number of aromatic nitrogens is 3. The molecule has 0 fully saturated rings. The minimum atomic E-state index is 0.252. The predicted molar refractivity (Wildman–Crippen MR) is 47.6 cm³/mol. The molecule has 2 rings (SSSR count). The average Bonchev–Trinajstić information content (AvgIpc) is 2.71. The standard InChI is InChI=1S/C9H6N4O/c10-6-7-8(2-1-4-11-7)14-9-3-5-12-13-9/h1-5H,(H,12,13). The maximum absolute atomic E-state index is 8.73.